The van der Waals surface area contributed by atoms with Gasteiger partial charge in [-0.3, -0.25) is 0 Å². The van der Waals surface area contributed by atoms with Crippen LogP contribution in [0.2, 0.25) is 0 Å². The van der Waals surface area contributed by atoms with E-state index in [4.69, 9.17) is 11.0 Å². The second-order valence-electron chi connectivity index (χ2n) is 5.19. The molecule has 0 amide bonds. The Morgan fingerprint density at radius 1 is 1.39 bits per heavy atom. The van der Waals surface area contributed by atoms with Gasteiger partial charge in [-0.1, -0.05) is 25.1 Å². The smallest absolute Gasteiger partial charge is 0.107 e. The summed E-state index contributed by atoms with van der Waals surface area (Å²) in [5, 5.41) is 9.07. The van der Waals surface area contributed by atoms with Crippen LogP contribution in [0.3, 0.4) is 0 Å². The lowest BCUT2D eigenvalue weighted by Crippen LogP contribution is -2.49. The molecule has 1 aromatic rings. The van der Waals surface area contributed by atoms with Gasteiger partial charge < -0.3 is 10.6 Å². The number of nitrogens with zero attached hydrogens (tertiary/aromatic N) is 2. The van der Waals surface area contributed by atoms with E-state index in [0.717, 1.165) is 32.4 Å². The average Bonchev–Trinajstić information content (AvgIpc) is 2.40. The van der Waals surface area contributed by atoms with Gasteiger partial charge in [-0.15, -0.1) is 0 Å². The lowest BCUT2D eigenvalue weighted by molar-refractivity contribution is 0.415. The Morgan fingerprint density at radius 3 is 2.61 bits per heavy atom. The third-order valence-corrected chi connectivity index (χ3v) is 3.90. The molecule has 1 aliphatic heterocycles. The molecular formula is C15H21N3. The van der Waals surface area contributed by atoms with Crippen molar-refractivity contribution in [3.8, 4) is 6.07 Å². The summed E-state index contributed by atoms with van der Waals surface area (Å²) in [6.07, 6.45) is 2.54. The Hall–Kier alpha value is -1.53. The summed E-state index contributed by atoms with van der Waals surface area (Å²) in [4.78, 5) is 2.39. The first-order valence-corrected chi connectivity index (χ1v) is 6.63. The molecule has 0 unspecified atom stereocenters. The van der Waals surface area contributed by atoms with E-state index < -0.39 is 5.54 Å². The Balaban J connectivity index is 2.23. The topological polar surface area (TPSA) is 53.0 Å². The van der Waals surface area contributed by atoms with Crippen molar-refractivity contribution in [2.45, 2.75) is 38.6 Å². The Morgan fingerprint density at radius 2 is 2.06 bits per heavy atom. The summed E-state index contributed by atoms with van der Waals surface area (Å²) in [6, 6.07) is 8.71. The summed E-state index contributed by atoms with van der Waals surface area (Å²) < 4.78 is 0. The van der Waals surface area contributed by atoms with Gasteiger partial charge in [0.15, 0.2) is 0 Å². The van der Waals surface area contributed by atoms with Crippen LogP contribution in [0.25, 0.3) is 0 Å². The molecule has 3 nitrogen and oxygen atoms in total. The zero-order chi connectivity index (χ0) is 13.2. The summed E-state index contributed by atoms with van der Waals surface area (Å²) >= 11 is 0. The van der Waals surface area contributed by atoms with Crippen LogP contribution in [0, 0.1) is 18.3 Å². The molecule has 18 heavy (non-hydrogen) atoms. The fourth-order valence-corrected chi connectivity index (χ4v) is 2.70. The lowest BCUT2D eigenvalue weighted by atomic mass is 9.89. The Kier molecular flexibility index (Phi) is 3.58. The van der Waals surface area contributed by atoms with Gasteiger partial charge in [-0.2, -0.15) is 5.26 Å². The highest BCUT2D eigenvalue weighted by Crippen LogP contribution is 2.30. The number of nitrogens with two attached hydrogens (primary N) is 1. The molecule has 2 rings (SSSR count). The van der Waals surface area contributed by atoms with Crippen LogP contribution in [0.15, 0.2) is 18.2 Å². The van der Waals surface area contributed by atoms with Gasteiger partial charge in [0.1, 0.15) is 5.54 Å². The van der Waals surface area contributed by atoms with E-state index in [-0.39, 0.29) is 0 Å². The molecule has 2 N–H and O–H groups in total. The van der Waals surface area contributed by atoms with Gasteiger partial charge in [0.05, 0.1) is 6.07 Å². The largest absolute Gasteiger partial charge is 0.371 e. The van der Waals surface area contributed by atoms with Gasteiger partial charge in [-0.05, 0) is 37.3 Å². The molecule has 1 aliphatic rings. The van der Waals surface area contributed by atoms with Crippen LogP contribution in [0.1, 0.15) is 30.9 Å². The standard InChI is InChI=1S/C15H21N3/c1-3-13-6-4-5-12(2)14(13)18-9-7-15(17,11-16)8-10-18/h4-6H,3,7-10,17H2,1-2H3. The fourth-order valence-electron chi connectivity index (χ4n) is 2.70. The molecule has 0 aliphatic carbocycles. The minimum atomic E-state index is -0.619. The predicted molar refractivity (Wildman–Crippen MR) is 74.5 cm³/mol. The SMILES string of the molecule is CCc1cccc(C)c1N1CCC(N)(C#N)CC1. The van der Waals surface area contributed by atoms with Crippen LogP contribution in [0.4, 0.5) is 5.69 Å². The zero-order valence-corrected chi connectivity index (χ0v) is 11.2. The average molecular weight is 243 g/mol. The van der Waals surface area contributed by atoms with Crippen molar-refractivity contribution in [3.63, 3.8) is 0 Å². The van der Waals surface area contributed by atoms with Crippen molar-refractivity contribution in [1.82, 2.24) is 0 Å². The molecule has 1 saturated heterocycles. The normalized spacial score (nSPS) is 18.4. The molecule has 1 aromatic carbocycles. The molecule has 1 heterocycles. The number of piperidine rings is 1. The maximum atomic E-state index is 9.07. The molecule has 96 valence electrons. The van der Waals surface area contributed by atoms with Crippen molar-refractivity contribution in [3.05, 3.63) is 29.3 Å². The number of nitriles is 1. The molecule has 0 saturated carbocycles. The van der Waals surface area contributed by atoms with Crippen LogP contribution >= 0.6 is 0 Å². The van der Waals surface area contributed by atoms with E-state index in [9.17, 15) is 0 Å². The first-order chi connectivity index (χ1) is 8.59. The van der Waals surface area contributed by atoms with Gasteiger partial charge >= 0.3 is 0 Å². The van der Waals surface area contributed by atoms with Crippen LogP contribution < -0.4 is 10.6 Å². The molecule has 0 atom stereocenters. The maximum absolute atomic E-state index is 9.07. The number of benzene rings is 1. The number of anilines is 1. The van der Waals surface area contributed by atoms with Crippen molar-refractivity contribution in [2.75, 3.05) is 18.0 Å². The maximum Gasteiger partial charge on any atom is 0.107 e. The van der Waals surface area contributed by atoms with E-state index in [1.807, 2.05) is 0 Å². The number of hydrogen-bond acceptors (Lipinski definition) is 3. The summed E-state index contributed by atoms with van der Waals surface area (Å²) in [7, 11) is 0. The van der Waals surface area contributed by atoms with Gasteiger partial charge in [0, 0.05) is 18.8 Å². The molecule has 3 heteroatoms. The highest BCUT2D eigenvalue weighted by Gasteiger charge is 2.31. The first-order valence-electron chi connectivity index (χ1n) is 6.63. The zero-order valence-electron chi connectivity index (χ0n) is 11.2. The first kappa shape index (κ1) is 12.9. The number of para-hydroxylation sites is 1. The molecule has 1 fully saturated rings. The molecule has 0 spiro atoms. The molecule has 0 bridgehead atoms. The van der Waals surface area contributed by atoms with Crippen molar-refractivity contribution in [2.24, 2.45) is 5.73 Å². The minimum Gasteiger partial charge on any atom is -0.371 e. The number of rotatable bonds is 2. The van der Waals surface area contributed by atoms with Crippen LogP contribution in [-0.4, -0.2) is 18.6 Å². The third kappa shape index (κ3) is 2.34. The molecule has 0 aromatic heterocycles. The van der Waals surface area contributed by atoms with Crippen molar-refractivity contribution in [1.29, 1.82) is 5.26 Å². The second kappa shape index (κ2) is 4.99. The van der Waals surface area contributed by atoms with E-state index in [0.29, 0.717) is 0 Å². The Bertz CT molecular complexity index is 465. The predicted octanol–water partition coefficient (Wildman–Crippen LogP) is 2.38. The number of hydrogen-bond donors (Lipinski definition) is 1. The fraction of sp³-hybridized carbons (Fsp3) is 0.533. The van der Waals surface area contributed by atoms with Crippen LogP contribution in [0.5, 0.6) is 0 Å². The van der Waals surface area contributed by atoms with Crippen LogP contribution in [-0.2, 0) is 6.42 Å². The van der Waals surface area contributed by atoms with E-state index in [1.54, 1.807) is 0 Å². The summed E-state index contributed by atoms with van der Waals surface area (Å²) in [5.74, 6) is 0. The highest BCUT2D eigenvalue weighted by molar-refractivity contribution is 5.60. The lowest BCUT2D eigenvalue weighted by Gasteiger charge is -2.37. The second-order valence-corrected chi connectivity index (χ2v) is 5.19. The van der Waals surface area contributed by atoms with Gasteiger partial charge in [0.25, 0.3) is 0 Å². The van der Waals surface area contributed by atoms with E-state index in [2.05, 4.69) is 43.0 Å². The summed E-state index contributed by atoms with van der Waals surface area (Å²) in [6.45, 7) is 6.09. The van der Waals surface area contributed by atoms with Crippen molar-refractivity contribution < 1.29 is 0 Å². The molecule has 0 radical (unpaired) electrons. The van der Waals surface area contributed by atoms with Gasteiger partial charge in [-0.25, -0.2) is 0 Å². The third-order valence-electron chi connectivity index (χ3n) is 3.90. The minimum absolute atomic E-state index is 0.619. The van der Waals surface area contributed by atoms with E-state index in [1.165, 1.54) is 16.8 Å². The molecular weight excluding hydrogens is 222 g/mol. The summed E-state index contributed by atoms with van der Waals surface area (Å²) in [5.41, 5.74) is 9.45. The van der Waals surface area contributed by atoms with E-state index >= 15 is 0 Å². The van der Waals surface area contributed by atoms with Gasteiger partial charge in [0.2, 0.25) is 0 Å². The number of aryl methyl sites for hydroxylation is 2. The Labute approximate surface area is 109 Å². The quantitative estimate of drug-likeness (QED) is 0.867. The monoisotopic (exact) mass is 243 g/mol. The highest BCUT2D eigenvalue weighted by atomic mass is 15.1. The van der Waals surface area contributed by atoms with Crippen molar-refractivity contribution >= 4 is 5.69 Å².